The lowest BCUT2D eigenvalue weighted by atomic mass is 10.2. The topological polar surface area (TPSA) is 85.2 Å². The lowest BCUT2D eigenvalue weighted by molar-refractivity contribution is 0.174. The molecule has 3 aromatic rings. The fourth-order valence-corrected chi connectivity index (χ4v) is 3.44. The van der Waals surface area contributed by atoms with Gasteiger partial charge >= 0.3 is 6.09 Å². The number of benzene rings is 1. The number of ether oxygens (including phenoxy) is 1. The second-order valence-corrected chi connectivity index (χ2v) is 7.75. The van der Waals surface area contributed by atoms with Gasteiger partial charge in [0.2, 0.25) is 5.95 Å². The van der Waals surface area contributed by atoms with E-state index in [2.05, 4.69) is 20.3 Å². The molecule has 1 aliphatic heterocycles. The Hall–Kier alpha value is -3.41. The third-order valence-corrected chi connectivity index (χ3v) is 5.34. The maximum absolute atomic E-state index is 14.4. The summed E-state index contributed by atoms with van der Waals surface area (Å²) in [7, 11) is 0. The fourth-order valence-electron chi connectivity index (χ4n) is 3.29. The zero-order chi connectivity index (χ0) is 23.9. The van der Waals surface area contributed by atoms with E-state index in [0.29, 0.717) is 5.69 Å². The van der Waals surface area contributed by atoms with Gasteiger partial charge in [0.25, 0.3) is 0 Å². The number of alkyl halides is 1. The molecule has 3 heterocycles. The van der Waals surface area contributed by atoms with Crippen molar-refractivity contribution in [3.05, 3.63) is 59.0 Å². The molecule has 3 atom stereocenters. The van der Waals surface area contributed by atoms with Gasteiger partial charge in [-0.25, -0.2) is 37.2 Å². The SMILES string of the molecule is C[C@H](Nc1ncc(F)c(N2C(=O)OC[C@@H]2[C@H](C)F)n1)c1cn(-c2cc(F)c(Cl)cc2F)cn1. The third-order valence-electron chi connectivity index (χ3n) is 5.05. The van der Waals surface area contributed by atoms with Gasteiger partial charge in [0.05, 0.1) is 35.0 Å². The van der Waals surface area contributed by atoms with Crippen LogP contribution >= 0.6 is 11.6 Å². The number of hydrogen-bond donors (Lipinski definition) is 1. The van der Waals surface area contributed by atoms with E-state index in [1.54, 1.807) is 6.92 Å². The molecule has 1 fully saturated rings. The second kappa shape index (κ2) is 8.85. The van der Waals surface area contributed by atoms with Crippen LogP contribution in [0, 0.1) is 17.5 Å². The summed E-state index contributed by atoms with van der Waals surface area (Å²) in [6.07, 6.45) is 1.17. The third kappa shape index (κ3) is 4.42. The highest BCUT2D eigenvalue weighted by Crippen LogP contribution is 2.28. The van der Waals surface area contributed by atoms with E-state index in [-0.39, 0.29) is 23.3 Å². The van der Waals surface area contributed by atoms with Gasteiger partial charge in [-0.15, -0.1) is 0 Å². The van der Waals surface area contributed by atoms with Crippen molar-refractivity contribution in [2.75, 3.05) is 16.8 Å². The Morgan fingerprint density at radius 3 is 2.67 bits per heavy atom. The number of carbonyl (C=O) groups excluding carboxylic acids is 1. The van der Waals surface area contributed by atoms with Gasteiger partial charge < -0.3 is 14.6 Å². The monoisotopic (exact) mass is 484 g/mol. The van der Waals surface area contributed by atoms with Gasteiger partial charge in [-0.05, 0) is 19.9 Å². The number of anilines is 2. The molecule has 0 bridgehead atoms. The molecule has 1 aliphatic rings. The Bertz CT molecular complexity index is 1210. The number of cyclic esters (lactones) is 1. The van der Waals surface area contributed by atoms with E-state index in [9.17, 15) is 22.4 Å². The smallest absolute Gasteiger partial charge is 0.416 e. The lowest BCUT2D eigenvalue weighted by Gasteiger charge is -2.22. The van der Waals surface area contributed by atoms with Crippen LogP contribution in [0.15, 0.2) is 30.9 Å². The van der Waals surface area contributed by atoms with Crippen LogP contribution < -0.4 is 10.2 Å². The first-order chi connectivity index (χ1) is 15.7. The molecular weight excluding hydrogens is 468 g/mol. The number of nitrogens with one attached hydrogen (secondary N) is 1. The molecule has 0 aliphatic carbocycles. The molecule has 0 radical (unpaired) electrons. The molecule has 1 amide bonds. The first-order valence-electron chi connectivity index (χ1n) is 9.73. The van der Waals surface area contributed by atoms with Crippen molar-refractivity contribution in [2.45, 2.75) is 32.1 Å². The van der Waals surface area contributed by atoms with Gasteiger partial charge in [0.1, 0.15) is 30.5 Å². The number of imidazole rings is 1. The van der Waals surface area contributed by atoms with Gasteiger partial charge in [0.15, 0.2) is 11.6 Å². The standard InChI is InChI=1S/C20H17ClF4N6O2/c1-9(22)17-7-33-20(32)31(17)18-14(25)5-26-19(29-18)28-10(2)15-6-30(8-27-15)16-4-12(23)11(21)3-13(16)24/h3-6,8-10,17H,7H2,1-2H3,(H,26,28,29)/t9-,10-,17+/m0/s1. The average Bonchev–Trinajstić information content (AvgIpc) is 3.39. The summed E-state index contributed by atoms with van der Waals surface area (Å²) in [5, 5.41) is 2.54. The lowest BCUT2D eigenvalue weighted by Crippen LogP contribution is -2.40. The van der Waals surface area contributed by atoms with E-state index < -0.39 is 47.6 Å². The van der Waals surface area contributed by atoms with E-state index in [4.69, 9.17) is 16.3 Å². The molecule has 13 heteroatoms. The Labute approximate surface area is 190 Å². The number of halogens is 5. The van der Waals surface area contributed by atoms with Gasteiger partial charge in [0, 0.05) is 12.3 Å². The van der Waals surface area contributed by atoms with Crippen LogP contribution in [0.5, 0.6) is 0 Å². The number of amides is 1. The normalized spacial score (nSPS) is 17.7. The second-order valence-electron chi connectivity index (χ2n) is 7.35. The molecule has 1 saturated heterocycles. The van der Waals surface area contributed by atoms with Crippen molar-refractivity contribution in [2.24, 2.45) is 0 Å². The van der Waals surface area contributed by atoms with Crippen molar-refractivity contribution in [3.63, 3.8) is 0 Å². The molecule has 0 unspecified atom stereocenters. The maximum Gasteiger partial charge on any atom is 0.416 e. The minimum Gasteiger partial charge on any atom is -0.447 e. The van der Waals surface area contributed by atoms with Crippen molar-refractivity contribution in [3.8, 4) is 5.69 Å². The van der Waals surface area contributed by atoms with E-state index in [1.165, 1.54) is 24.0 Å². The zero-order valence-corrected chi connectivity index (χ0v) is 18.0. The van der Waals surface area contributed by atoms with Crippen molar-refractivity contribution >= 4 is 29.5 Å². The quantitative estimate of drug-likeness (QED) is 0.407. The molecule has 0 saturated carbocycles. The highest BCUT2D eigenvalue weighted by Gasteiger charge is 2.40. The Balaban J connectivity index is 1.57. The van der Waals surface area contributed by atoms with E-state index in [0.717, 1.165) is 23.2 Å². The van der Waals surface area contributed by atoms with Crippen LogP contribution in [0.25, 0.3) is 5.69 Å². The van der Waals surface area contributed by atoms with Gasteiger partial charge in [-0.2, -0.15) is 4.98 Å². The summed E-state index contributed by atoms with van der Waals surface area (Å²) in [4.78, 5) is 24.8. The minimum atomic E-state index is -1.48. The Kier molecular flexibility index (Phi) is 6.11. The highest BCUT2D eigenvalue weighted by atomic mass is 35.5. The average molecular weight is 485 g/mol. The summed E-state index contributed by atoms with van der Waals surface area (Å²) in [5.74, 6) is -2.96. The molecule has 1 N–H and O–H groups in total. The number of nitrogens with zero attached hydrogens (tertiary/aromatic N) is 5. The molecule has 0 spiro atoms. The molecule has 8 nitrogen and oxygen atoms in total. The van der Waals surface area contributed by atoms with Crippen molar-refractivity contribution < 1.29 is 27.1 Å². The van der Waals surface area contributed by atoms with Gasteiger partial charge in [-0.1, -0.05) is 11.6 Å². The largest absolute Gasteiger partial charge is 0.447 e. The van der Waals surface area contributed by atoms with Crippen LogP contribution in [0.3, 0.4) is 0 Å². The number of rotatable bonds is 6. The van der Waals surface area contributed by atoms with Crippen LogP contribution in [0.1, 0.15) is 25.6 Å². The number of aromatic nitrogens is 4. The molecule has 174 valence electrons. The first-order valence-corrected chi connectivity index (χ1v) is 10.1. The highest BCUT2D eigenvalue weighted by molar-refractivity contribution is 6.30. The summed E-state index contributed by atoms with van der Waals surface area (Å²) in [6.45, 7) is 2.67. The molecule has 4 rings (SSSR count). The van der Waals surface area contributed by atoms with Crippen LogP contribution in [0.4, 0.5) is 34.1 Å². The fraction of sp³-hybridized carbons (Fsp3) is 0.300. The molecule has 1 aromatic carbocycles. The maximum atomic E-state index is 14.4. The molecular formula is C20H17ClF4N6O2. The molecule has 2 aromatic heterocycles. The predicted octanol–water partition coefficient (Wildman–Crippen LogP) is 4.59. The van der Waals surface area contributed by atoms with Crippen LogP contribution in [-0.2, 0) is 4.74 Å². The summed E-state index contributed by atoms with van der Waals surface area (Å²) < 4.78 is 62.3. The molecule has 33 heavy (non-hydrogen) atoms. The van der Waals surface area contributed by atoms with Crippen LogP contribution in [-0.4, -0.2) is 44.4 Å². The Morgan fingerprint density at radius 1 is 1.18 bits per heavy atom. The minimum absolute atomic E-state index is 0.0675. The summed E-state index contributed by atoms with van der Waals surface area (Å²) in [6, 6.07) is 0.202. The van der Waals surface area contributed by atoms with E-state index >= 15 is 0 Å². The van der Waals surface area contributed by atoms with Crippen LogP contribution in [0.2, 0.25) is 5.02 Å². The van der Waals surface area contributed by atoms with Crippen molar-refractivity contribution in [1.29, 1.82) is 0 Å². The first kappa shape index (κ1) is 22.8. The van der Waals surface area contributed by atoms with E-state index in [1.807, 2.05) is 0 Å². The zero-order valence-electron chi connectivity index (χ0n) is 17.3. The Morgan fingerprint density at radius 2 is 1.94 bits per heavy atom. The predicted molar refractivity (Wildman–Crippen MR) is 111 cm³/mol. The number of hydrogen-bond acceptors (Lipinski definition) is 6. The van der Waals surface area contributed by atoms with Gasteiger partial charge in [-0.3, -0.25) is 0 Å². The number of carbonyl (C=O) groups is 1. The summed E-state index contributed by atoms with van der Waals surface area (Å²) >= 11 is 5.58. The summed E-state index contributed by atoms with van der Waals surface area (Å²) in [5.41, 5.74) is 0.303. The van der Waals surface area contributed by atoms with Crippen molar-refractivity contribution in [1.82, 2.24) is 19.5 Å².